The second-order valence-corrected chi connectivity index (χ2v) is 11.4. The van der Waals surface area contributed by atoms with Crippen LogP contribution in [0.2, 0.25) is 0 Å². The summed E-state index contributed by atoms with van der Waals surface area (Å²) in [4.78, 5) is 23.9. The van der Waals surface area contributed by atoms with Crippen LogP contribution in [0.25, 0.3) is 27.4 Å². The molecular formula is C28H32N10OS. The van der Waals surface area contributed by atoms with Crippen molar-refractivity contribution in [1.29, 1.82) is 5.26 Å². The van der Waals surface area contributed by atoms with Gasteiger partial charge >= 0.3 is 0 Å². The number of hydrogen-bond acceptors (Lipinski definition) is 10. The number of aromatic nitrogens is 5. The molecule has 3 N–H and O–H groups in total. The molecule has 0 aromatic carbocycles. The molecular weight excluding hydrogens is 524 g/mol. The fourth-order valence-corrected chi connectivity index (χ4v) is 6.60. The summed E-state index contributed by atoms with van der Waals surface area (Å²) in [5.74, 6) is 1.21. The summed E-state index contributed by atoms with van der Waals surface area (Å²) in [7, 11) is 1.88. The van der Waals surface area contributed by atoms with E-state index >= 15 is 0 Å². The van der Waals surface area contributed by atoms with Gasteiger partial charge in [-0.15, -0.1) is 10.2 Å². The van der Waals surface area contributed by atoms with E-state index in [2.05, 4.69) is 42.1 Å². The van der Waals surface area contributed by atoms with Gasteiger partial charge in [0, 0.05) is 80.9 Å². The second-order valence-electron chi connectivity index (χ2n) is 10.4. The maximum Gasteiger partial charge on any atom is 0.234 e. The topological polar surface area (TPSA) is 137 Å². The van der Waals surface area contributed by atoms with Crippen molar-refractivity contribution in [2.24, 2.45) is 0 Å². The molecule has 11 nitrogen and oxygen atoms in total. The SMILES string of the molecule is CNc1cc(-n2ccc3cc(C#N)cnc32)ncc1-c1nnc([C@H]2CC[C@H](NC(=O)CN3CCNCC3)CC2)s1. The molecule has 2 fully saturated rings. The van der Waals surface area contributed by atoms with Crippen molar-refractivity contribution < 1.29 is 4.79 Å². The molecule has 2 aliphatic rings. The van der Waals surface area contributed by atoms with Gasteiger partial charge in [-0.25, -0.2) is 9.97 Å². The van der Waals surface area contributed by atoms with Gasteiger partial charge in [0.1, 0.15) is 22.5 Å². The molecule has 0 radical (unpaired) electrons. The molecule has 12 heteroatoms. The number of anilines is 1. The van der Waals surface area contributed by atoms with Gasteiger partial charge in [-0.3, -0.25) is 14.3 Å². The number of pyridine rings is 2. The Morgan fingerprint density at radius 1 is 1.15 bits per heavy atom. The molecule has 0 atom stereocenters. The van der Waals surface area contributed by atoms with E-state index in [1.807, 2.05) is 42.2 Å². The average molecular weight is 557 g/mol. The van der Waals surface area contributed by atoms with Crippen LogP contribution in [0.4, 0.5) is 5.69 Å². The predicted octanol–water partition coefficient (Wildman–Crippen LogP) is 2.90. The number of hydrogen-bond donors (Lipinski definition) is 3. The van der Waals surface area contributed by atoms with E-state index in [1.54, 1.807) is 17.5 Å². The quantitative estimate of drug-likeness (QED) is 0.314. The van der Waals surface area contributed by atoms with Crippen LogP contribution in [0.15, 0.2) is 36.8 Å². The molecule has 1 aliphatic heterocycles. The van der Waals surface area contributed by atoms with Gasteiger partial charge in [0.25, 0.3) is 0 Å². The smallest absolute Gasteiger partial charge is 0.234 e. The number of nitriles is 1. The van der Waals surface area contributed by atoms with Crippen LogP contribution in [0.5, 0.6) is 0 Å². The molecule has 1 aliphatic carbocycles. The predicted molar refractivity (Wildman–Crippen MR) is 154 cm³/mol. The Kier molecular flexibility index (Phi) is 7.68. The molecule has 4 aromatic rings. The van der Waals surface area contributed by atoms with Crippen LogP contribution >= 0.6 is 11.3 Å². The van der Waals surface area contributed by atoms with Crippen molar-refractivity contribution in [3.63, 3.8) is 0 Å². The van der Waals surface area contributed by atoms with Crippen LogP contribution in [0, 0.1) is 11.3 Å². The summed E-state index contributed by atoms with van der Waals surface area (Å²) in [6, 6.07) is 8.10. The number of amides is 1. The minimum atomic E-state index is 0.134. The lowest BCUT2D eigenvalue weighted by molar-refractivity contribution is -0.123. The first-order valence-electron chi connectivity index (χ1n) is 13.7. The highest BCUT2D eigenvalue weighted by molar-refractivity contribution is 7.14. The zero-order chi connectivity index (χ0) is 27.5. The lowest BCUT2D eigenvalue weighted by atomic mass is 9.86. The fourth-order valence-electron chi connectivity index (χ4n) is 5.56. The summed E-state index contributed by atoms with van der Waals surface area (Å²) < 4.78 is 1.91. The average Bonchev–Trinajstić information content (AvgIpc) is 3.65. The Labute approximate surface area is 236 Å². The normalized spacial score (nSPS) is 19.8. The zero-order valence-corrected chi connectivity index (χ0v) is 23.2. The van der Waals surface area contributed by atoms with Crippen LogP contribution in [0.3, 0.4) is 0 Å². The molecule has 4 aromatic heterocycles. The van der Waals surface area contributed by atoms with Gasteiger partial charge in [0.2, 0.25) is 5.91 Å². The lowest BCUT2D eigenvalue weighted by Crippen LogP contribution is -2.49. The van der Waals surface area contributed by atoms with Gasteiger partial charge < -0.3 is 16.0 Å². The fraction of sp³-hybridized carbons (Fsp3) is 0.429. The number of nitrogens with zero attached hydrogens (tertiary/aromatic N) is 7. The standard InChI is InChI=1S/C28H32N10OS/c1-30-23-13-24(38-9-6-20-12-18(14-29)15-33-26(20)38)32-16-22(23)28-36-35-27(40-28)19-2-4-21(5-3-19)34-25(39)17-37-10-7-31-8-11-37/h6,9,12-13,15-16,19,21,31H,2-5,7-8,10-11,17H2,1H3,(H,30,32)(H,34,39)/t19-,21-. The molecule has 0 spiro atoms. The third kappa shape index (κ3) is 5.54. The van der Waals surface area contributed by atoms with Crippen molar-refractivity contribution in [2.75, 3.05) is 45.1 Å². The van der Waals surface area contributed by atoms with E-state index in [-0.39, 0.29) is 11.9 Å². The van der Waals surface area contributed by atoms with E-state index < -0.39 is 0 Å². The van der Waals surface area contributed by atoms with Crippen molar-refractivity contribution in [3.05, 3.63) is 47.4 Å². The Balaban J connectivity index is 1.11. The molecule has 0 bridgehead atoms. The number of fused-ring (bicyclic) bond motifs is 1. The highest BCUT2D eigenvalue weighted by atomic mass is 32.1. The lowest BCUT2D eigenvalue weighted by Gasteiger charge is -2.30. The highest BCUT2D eigenvalue weighted by Gasteiger charge is 2.27. The molecule has 40 heavy (non-hydrogen) atoms. The molecule has 1 amide bonds. The number of rotatable bonds is 7. The Morgan fingerprint density at radius 3 is 2.75 bits per heavy atom. The first-order chi connectivity index (χ1) is 19.6. The first-order valence-corrected chi connectivity index (χ1v) is 14.5. The largest absolute Gasteiger partial charge is 0.387 e. The first kappa shape index (κ1) is 26.3. The Hall–Kier alpha value is -3.92. The Bertz CT molecular complexity index is 1540. The van der Waals surface area contributed by atoms with Crippen molar-refractivity contribution in [2.45, 2.75) is 37.6 Å². The maximum absolute atomic E-state index is 12.5. The molecule has 6 rings (SSSR count). The number of carbonyl (C=O) groups is 1. The Morgan fingerprint density at radius 2 is 1.98 bits per heavy atom. The second kappa shape index (κ2) is 11.7. The van der Waals surface area contributed by atoms with E-state index in [1.165, 1.54) is 0 Å². The van der Waals surface area contributed by atoms with E-state index in [0.717, 1.165) is 90.0 Å². The monoisotopic (exact) mass is 556 g/mol. The van der Waals surface area contributed by atoms with E-state index in [9.17, 15) is 4.79 Å². The summed E-state index contributed by atoms with van der Waals surface area (Å²) in [6.07, 6.45) is 9.21. The van der Waals surface area contributed by atoms with Crippen LogP contribution < -0.4 is 16.0 Å². The van der Waals surface area contributed by atoms with Gasteiger partial charge in [0.05, 0.1) is 17.7 Å². The highest BCUT2D eigenvalue weighted by Crippen LogP contribution is 2.38. The minimum Gasteiger partial charge on any atom is -0.387 e. The van der Waals surface area contributed by atoms with Crippen LogP contribution in [-0.4, -0.2) is 81.4 Å². The van der Waals surface area contributed by atoms with Crippen LogP contribution in [-0.2, 0) is 4.79 Å². The molecule has 0 unspecified atom stereocenters. The zero-order valence-electron chi connectivity index (χ0n) is 22.4. The van der Waals surface area contributed by atoms with Crippen molar-refractivity contribution >= 4 is 34.0 Å². The summed E-state index contributed by atoms with van der Waals surface area (Å²) >= 11 is 1.62. The molecule has 5 heterocycles. The van der Waals surface area contributed by atoms with E-state index in [0.29, 0.717) is 18.0 Å². The van der Waals surface area contributed by atoms with Gasteiger partial charge in [-0.05, 0) is 37.8 Å². The number of piperazine rings is 1. The summed E-state index contributed by atoms with van der Waals surface area (Å²) in [6.45, 7) is 4.24. The van der Waals surface area contributed by atoms with E-state index in [4.69, 9.17) is 10.2 Å². The van der Waals surface area contributed by atoms with Gasteiger partial charge in [-0.1, -0.05) is 11.3 Å². The van der Waals surface area contributed by atoms with Crippen molar-refractivity contribution in [1.82, 2.24) is 40.3 Å². The number of nitrogens with one attached hydrogen (secondary N) is 3. The number of carbonyl (C=O) groups excluding carboxylic acids is 1. The van der Waals surface area contributed by atoms with Gasteiger partial charge in [-0.2, -0.15) is 5.26 Å². The maximum atomic E-state index is 12.5. The van der Waals surface area contributed by atoms with Crippen LogP contribution in [0.1, 0.15) is 42.2 Å². The third-order valence-electron chi connectivity index (χ3n) is 7.75. The molecule has 1 saturated carbocycles. The molecule has 206 valence electrons. The third-order valence-corrected chi connectivity index (χ3v) is 8.87. The van der Waals surface area contributed by atoms with Gasteiger partial charge in [0.15, 0.2) is 5.01 Å². The summed E-state index contributed by atoms with van der Waals surface area (Å²) in [5.41, 5.74) is 3.08. The van der Waals surface area contributed by atoms with Crippen molar-refractivity contribution in [3.8, 4) is 22.5 Å². The minimum absolute atomic E-state index is 0.134. The summed E-state index contributed by atoms with van der Waals surface area (Å²) in [5, 5.41) is 30.9. The molecule has 1 saturated heterocycles.